The summed E-state index contributed by atoms with van der Waals surface area (Å²) in [6, 6.07) is 0. The summed E-state index contributed by atoms with van der Waals surface area (Å²) in [7, 11) is 0. The molecule has 0 bridgehead atoms. The molecule has 0 spiro atoms. The highest BCUT2D eigenvalue weighted by Crippen LogP contribution is 2.17. The molecule has 0 fully saturated rings. The van der Waals surface area contributed by atoms with Crippen molar-refractivity contribution in [2.75, 3.05) is 5.75 Å². The van der Waals surface area contributed by atoms with Gasteiger partial charge in [-0.25, -0.2) is 4.98 Å². The van der Waals surface area contributed by atoms with E-state index in [-0.39, 0.29) is 5.56 Å². The molecule has 5 heteroatoms. The van der Waals surface area contributed by atoms with E-state index < -0.39 is 0 Å². The monoisotopic (exact) mass is 294 g/mol. The Morgan fingerprint density at radius 3 is 3.25 bits per heavy atom. The predicted molar refractivity (Wildman–Crippen MR) is 58.5 cm³/mol. The lowest BCUT2D eigenvalue weighted by molar-refractivity contribution is 0.989. The maximum Gasteiger partial charge on any atom is 0.265 e. The normalized spacial score (nSPS) is 9.75. The summed E-state index contributed by atoms with van der Waals surface area (Å²) in [5, 5.41) is 0.763. The van der Waals surface area contributed by atoms with Gasteiger partial charge in [-0.1, -0.05) is 6.08 Å². The molecule has 0 aromatic carbocycles. The molecule has 0 unspecified atom stereocenters. The fraction of sp³-hybridized carbons (Fsp3) is 0.143. The van der Waals surface area contributed by atoms with Gasteiger partial charge in [-0.3, -0.25) is 4.79 Å². The Morgan fingerprint density at radius 1 is 1.83 bits per heavy atom. The number of H-pyrrole nitrogens is 1. The summed E-state index contributed by atoms with van der Waals surface area (Å²) >= 11 is 3.49. The van der Waals surface area contributed by atoms with E-state index in [0.717, 1.165) is 10.8 Å². The molecule has 1 aromatic heterocycles. The van der Waals surface area contributed by atoms with Crippen LogP contribution in [0.5, 0.6) is 0 Å². The number of thioether (sulfide) groups is 1. The molecule has 0 aliphatic heterocycles. The quantitative estimate of drug-likeness (QED) is 0.399. The van der Waals surface area contributed by atoms with Crippen molar-refractivity contribution in [1.82, 2.24) is 9.97 Å². The van der Waals surface area contributed by atoms with Gasteiger partial charge in [-0.2, -0.15) is 0 Å². The minimum atomic E-state index is -0.0860. The molecule has 0 saturated carbocycles. The molecule has 0 radical (unpaired) electrons. The summed E-state index contributed by atoms with van der Waals surface area (Å²) in [5.74, 6) is 0.770. The van der Waals surface area contributed by atoms with Gasteiger partial charge < -0.3 is 4.98 Å². The maximum absolute atomic E-state index is 11.1. The van der Waals surface area contributed by atoms with Gasteiger partial charge in [0.1, 0.15) is 8.60 Å². The van der Waals surface area contributed by atoms with Crippen LogP contribution in [0.15, 0.2) is 28.8 Å². The molecule has 1 N–H and O–H groups in total. The van der Waals surface area contributed by atoms with E-state index in [9.17, 15) is 4.79 Å². The lowest BCUT2D eigenvalue weighted by atomic mass is 10.7. The van der Waals surface area contributed by atoms with E-state index in [1.807, 2.05) is 22.6 Å². The van der Waals surface area contributed by atoms with E-state index in [1.165, 1.54) is 18.1 Å². The number of rotatable bonds is 3. The minimum Gasteiger partial charge on any atom is -0.312 e. The van der Waals surface area contributed by atoms with Gasteiger partial charge in [-0.15, -0.1) is 18.3 Å². The molecule has 64 valence electrons. The van der Waals surface area contributed by atoms with Crippen LogP contribution >= 0.6 is 34.4 Å². The fourth-order valence-corrected chi connectivity index (χ4v) is 1.99. The standard InChI is InChI=1S/C7H7IN2OS/c1-2-3-12-7-5(8)6(11)9-4-10-7/h2,4H,1,3H2,(H,9,10,11). The first kappa shape index (κ1) is 9.79. The average Bonchev–Trinajstić information content (AvgIpc) is 2.08. The second-order valence-corrected chi connectivity index (χ2v) is 4.04. The van der Waals surface area contributed by atoms with Crippen LogP contribution in [-0.4, -0.2) is 15.7 Å². The second-order valence-electron chi connectivity index (χ2n) is 1.95. The Morgan fingerprint density at radius 2 is 2.58 bits per heavy atom. The first-order chi connectivity index (χ1) is 5.75. The highest BCUT2D eigenvalue weighted by Gasteiger charge is 2.03. The Kier molecular flexibility index (Phi) is 3.80. The van der Waals surface area contributed by atoms with Gasteiger partial charge in [0.25, 0.3) is 5.56 Å². The minimum absolute atomic E-state index is 0.0860. The Hall–Kier alpha value is -0.300. The molecule has 0 aliphatic carbocycles. The number of hydrogen-bond acceptors (Lipinski definition) is 3. The molecule has 0 aliphatic rings. The topological polar surface area (TPSA) is 45.8 Å². The van der Waals surface area contributed by atoms with Crippen LogP contribution in [0.4, 0.5) is 0 Å². The maximum atomic E-state index is 11.1. The van der Waals surface area contributed by atoms with Gasteiger partial charge in [-0.05, 0) is 22.6 Å². The lowest BCUT2D eigenvalue weighted by Gasteiger charge is -1.97. The first-order valence-corrected chi connectivity index (χ1v) is 5.29. The van der Waals surface area contributed by atoms with Crippen LogP contribution in [0.3, 0.4) is 0 Å². The van der Waals surface area contributed by atoms with Crippen LogP contribution in [-0.2, 0) is 0 Å². The van der Waals surface area contributed by atoms with Crippen molar-refractivity contribution >= 4 is 34.4 Å². The molecule has 0 amide bonds. The van der Waals surface area contributed by atoms with E-state index in [4.69, 9.17) is 0 Å². The van der Waals surface area contributed by atoms with Crippen molar-refractivity contribution in [1.29, 1.82) is 0 Å². The van der Waals surface area contributed by atoms with Gasteiger partial charge in [0.2, 0.25) is 0 Å². The van der Waals surface area contributed by atoms with Crippen molar-refractivity contribution in [2.24, 2.45) is 0 Å². The second kappa shape index (κ2) is 4.66. The van der Waals surface area contributed by atoms with Gasteiger partial charge >= 0.3 is 0 Å². The molecule has 0 saturated heterocycles. The zero-order chi connectivity index (χ0) is 8.97. The van der Waals surface area contributed by atoms with E-state index in [2.05, 4.69) is 16.5 Å². The van der Waals surface area contributed by atoms with Gasteiger partial charge in [0, 0.05) is 5.75 Å². The predicted octanol–water partition coefficient (Wildman–Crippen LogP) is 1.65. The third-order valence-corrected chi connectivity index (χ3v) is 3.45. The number of halogens is 1. The van der Waals surface area contributed by atoms with E-state index in [0.29, 0.717) is 3.57 Å². The van der Waals surface area contributed by atoms with E-state index >= 15 is 0 Å². The third-order valence-electron chi connectivity index (χ3n) is 1.10. The number of nitrogens with zero attached hydrogens (tertiary/aromatic N) is 1. The smallest absolute Gasteiger partial charge is 0.265 e. The highest BCUT2D eigenvalue weighted by molar-refractivity contribution is 14.1. The van der Waals surface area contributed by atoms with Crippen molar-refractivity contribution < 1.29 is 0 Å². The molecule has 12 heavy (non-hydrogen) atoms. The summed E-state index contributed by atoms with van der Waals surface area (Å²) in [6.07, 6.45) is 3.19. The Bertz CT molecular complexity index is 336. The Labute approximate surface area is 87.8 Å². The summed E-state index contributed by atoms with van der Waals surface area (Å²) in [4.78, 5) is 17.6. The summed E-state index contributed by atoms with van der Waals surface area (Å²) in [5.41, 5.74) is -0.0860. The third kappa shape index (κ3) is 2.34. The fourth-order valence-electron chi connectivity index (χ4n) is 0.605. The van der Waals surface area contributed by atoms with E-state index in [1.54, 1.807) is 6.08 Å². The lowest BCUT2D eigenvalue weighted by Crippen LogP contribution is -2.11. The summed E-state index contributed by atoms with van der Waals surface area (Å²) < 4.78 is 0.641. The van der Waals surface area contributed by atoms with Gasteiger partial charge in [0.15, 0.2) is 0 Å². The van der Waals surface area contributed by atoms with Crippen molar-refractivity contribution in [3.05, 3.63) is 32.9 Å². The molecule has 1 aromatic rings. The van der Waals surface area contributed by atoms with Crippen molar-refractivity contribution in [3.8, 4) is 0 Å². The molecular formula is C7H7IN2OS. The number of aromatic amines is 1. The molecule has 1 rings (SSSR count). The van der Waals surface area contributed by atoms with Gasteiger partial charge in [0.05, 0.1) is 6.33 Å². The van der Waals surface area contributed by atoms with Crippen LogP contribution in [0.2, 0.25) is 0 Å². The van der Waals surface area contributed by atoms with Crippen LogP contribution in [0.25, 0.3) is 0 Å². The van der Waals surface area contributed by atoms with Crippen molar-refractivity contribution in [3.63, 3.8) is 0 Å². The zero-order valence-electron chi connectivity index (χ0n) is 6.21. The first-order valence-electron chi connectivity index (χ1n) is 3.22. The van der Waals surface area contributed by atoms with Crippen LogP contribution in [0.1, 0.15) is 0 Å². The number of aromatic nitrogens is 2. The zero-order valence-corrected chi connectivity index (χ0v) is 9.18. The number of hydrogen-bond donors (Lipinski definition) is 1. The van der Waals surface area contributed by atoms with Crippen LogP contribution in [0, 0.1) is 3.57 Å². The number of nitrogens with one attached hydrogen (secondary N) is 1. The van der Waals surface area contributed by atoms with Crippen molar-refractivity contribution in [2.45, 2.75) is 5.03 Å². The molecule has 0 atom stereocenters. The summed E-state index contributed by atoms with van der Waals surface area (Å²) in [6.45, 7) is 3.59. The average molecular weight is 294 g/mol. The SMILES string of the molecule is C=CCSc1nc[nH]c(=O)c1I. The Balaban J connectivity index is 2.92. The van der Waals surface area contributed by atoms with Crippen LogP contribution < -0.4 is 5.56 Å². The highest BCUT2D eigenvalue weighted by atomic mass is 127. The molecule has 3 nitrogen and oxygen atoms in total. The molecular weight excluding hydrogens is 287 g/mol. The molecule has 1 heterocycles. The largest absolute Gasteiger partial charge is 0.312 e.